The van der Waals surface area contributed by atoms with Crippen LogP contribution in [0, 0.1) is 0 Å². The van der Waals surface area contributed by atoms with Crippen molar-refractivity contribution in [2.24, 2.45) is 5.73 Å². The molecule has 1 aromatic carbocycles. The smallest absolute Gasteiger partial charge is 0.277 e. The van der Waals surface area contributed by atoms with E-state index in [1.54, 1.807) is 11.8 Å². The molecule has 3 N–H and O–H groups in total. The highest BCUT2D eigenvalue weighted by atomic mass is 79.9. The summed E-state index contributed by atoms with van der Waals surface area (Å²) in [7, 11) is 0. The van der Waals surface area contributed by atoms with Crippen molar-refractivity contribution < 1.29 is 9.21 Å². The Bertz CT molecular complexity index is 636. The summed E-state index contributed by atoms with van der Waals surface area (Å²) in [6.07, 6.45) is 2.80. The Hall–Kier alpha value is -1.03. The van der Waals surface area contributed by atoms with Crippen LogP contribution < -0.4 is 11.1 Å². The van der Waals surface area contributed by atoms with E-state index in [0.717, 1.165) is 22.3 Å². The molecule has 0 radical (unpaired) electrons. The number of amides is 1. The number of hydrogen-bond donors (Lipinski definition) is 2. The number of halogens is 1. The molecule has 2 rings (SSSR count). The molecule has 0 saturated heterocycles. The van der Waals surface area contributed by atoms with E-state index in [2.05, 4.69) is 31.4 Å². The van der Waals surface area contributed by atoms with Gasteiger partial charge in [0, 0.05) is 10.2 Å². The van der Waals surface area contributed by atoms with Crippen molar-refractivity contribution in [2.45, 2.75) is 17.7 Å². The Morgan fingerprint density at radius 2 is 2.13 bits per heavy atom. The lowest BCUT2D eigenvalue weighted by molar-refractivity contribution is -0.113. The van der Waals surface area contributed by atoms with Crippen LogP contribution in [0.4, 0.5) is 5.69 Å². The first-order valence-corrected chi connectivity index (χ1v) is 10.0. The summed E-state index contributed by atoms with van der Waals surface area (Å²) in [4.78, 5) is 11.9. The topological polar surface area (TPSA) is 94.0 Å². The minimum atomic E-state index is -0.263. The van der Waals surface area contributed by atoms with Crippen LogP contribution in [0.2, 0.25) is 0 Å². The second-order valence-electron chi connectivity index (χ2n) is 4.64. The van der Waals surface area contributed by atoms with Gasteiger partial charge in [-0.05, 0) is 42.7 Å². The summed E-state index contributed by atoms with van der Waals surface area (Å²) in [6.45, 7) is 0. The van der Waals surface area contributed by atoms with E-state index in [1.807, 2.05) is 30.5 Å². The van der Waals surface area contributed by atoms with Crippen molar-refractivity contribution in [3.63, 3.8) is 0 Å². The normalized spacial score (nSPS) is 12.1. The fourth-order valence-corrected chi connectivity index (χ4v) is 2.98. The highest BCUT2D eigenvalue weighted by Crippen LogP contribution is 2.21. The van der Waals surface area contributed by atoms with E-state index < -0.39 is 0 Å². The van der Waals surface area contributed by atoms with E-state index >= 15 is 0 Å². The zero-order chi connectivity index (χ0) is 16.7. The maximum Gasteiger partial charge on any atom is 0.277 e. The number of anilines is 1. The van der Waals surface area contributed by atoms with Gasteiger partial charge >= 0.3 is 0 Å². The average molecular weight is 417 g/mol. The van der Waals surface area contributed by atoms with E-state index in [0.29, 0.717) is 11.1 Å². The Labute approximate surface area is 151 Å². The number of thioether (sulfide) groups is 2. The van der Waals surface area contributed by atoms with Crippen LogP contribution in [0.1, 0.15) is 18.4 Å². The van der Waals surface area contributed by atoms with Crippen molar-refractivity contribution in [3.8, 4) is 0 Å². The minimum Gasteiger partial charge on any atom is -0.414 e. The van der Waals surface area contributed by atoms with E-state index in [9.17, 15) is 4.79 Å². The highest BCUT2D eigenvalue weighted by molar-refractivity contribution is 9.10. The molecule has 124 valence electrons. The molecule has 0 aliphatic rings. The molecule has 6 nitrogen and oxygen atoms in total. The third-order valence-corrected chi connectivity index (χ3v) is 4.82. The molecular weight excluding hydrogens is 400 g/mol. The van der Waals surface area contributed by atoms with Crippen LogP contribution in [-0.4, -0.2) is 33.9 Å². The molecule has 0 aliphatic carbocycles. The lowest BCUT2D eigenvalue weighted by Crippen LogP contribution is -2.13. The zero-order valence-electron chi connectivity index (χ0n) is 12.5. The zero-order valence-corrected chi connectivity index (χ0v) is 15.7. The van der Waals surface area contributed by atoms with Crippen molar-refractivity contribution in [1.82, 2.24) is 10.2 Å². The number of hydrogen-bond acceptors (Lipinski definition) is 7. The second kappa shape index (κ2) is 9.31. The summed E-state index contributed by atoms with van der Waals surface area (Å²) in [6, 6.07) is 7.11. The van der Waals surface area contributed by atoms with Crippen LogP contribution in [-0.2, 0) is 4.79 Å². The third-order valence-electron chi connectivity index (χ3n) is 2.83. The minimum absolute atomic E-state index is 0.135. The quantitative estimate of drug-likeness (QED) is 0.637. The van der Waals surface area contributed by atoms with Crippen molar-refractivity contribution in [2.75, 3.05) is 23.1 Å². The van der Waals surface area contributed by atoms with Crippen LogP contribution in [0.5, 0.6) is 0 Å². The Kier molecular flexibility index (Phi) is 7.41. The predicted octanol–water partition coefficient (Wildman–Crippen LogP) is 3.32. The summed E-state index contributed by atoms with van der Waals surface area (Å²) in [5.74, 6) is 1.40. The molecule has 1 aromatic heterocycles. The first-order chi connectivity index (χ1) is 11.1. The number of nitrogens with one attached hydrogen (secondary N) is 1. The van der Waals surface area contributed by atoms with E-state index in [4.69, 9.17) is 10.2 Å². The second-order valence-corrected chi connectivity index (χ2v) is 7.47. The first kappa shape index (κ1) is 18.3. The van der Waals surface area contributed by atoms with E-state index in [-0.39, 0.29) is 17.7 Å². The molecule has 0 saturated carbocycles. The number of carbonyl (C=O) groups excluding carboxylic acids is 1. The molecule has 0 fully saturated rings. The first-order valence-electron chi connectivity index (χ1n) is 6.84. The van der Waals surface area contributed by atoms with Gasteiger partial charge in [0.05, 0.1) is 11.8 Å². The molecule has 0 spiro atoms. The number of nitrogens with two attached hydrogens (primary N) is 1. The van der Waals surface area contributed by atoms with Gasteiger partial charge in [0.1, 0.15) is 0 Å². The molecule has 1 heterocycles. The molecule has 23 heavy (non-hydrogen) atoms. The fraction of sp³-hybridized carbons (Fsp3) is 0.357. The maximum absolute atomic E-state index is 11.9. The summed E-state index contributed by atoms with van der Waals surface area (Å²) >= 11 is 6.25. The van der Waals surface area contributed by atoms with Crippen molar-refractivity contribution in [1.29, 1.82) is 0 Å². The molecule has 9 heteroatoms. The molecule has 0 aliphatic heterocycles. The molecule has 2 aromatic rings. The molecular formula is C14H17BrN4O2S2. The standard InChI is InChI=1S/C14H17BrN4O2S2/c1-22-7-6-11(16)13-18-19-14(21-13)23-8-12(20)17-10-4-2-9(15)3-5-10/h2-5,11H,6-8,16H2,1H3,(H,17,20)/t11-/m0/s1. The van der Waals surface area contributed by atoms with Gasteiger partial charge in [0.25, 0.3) is 5.22 Å². The van der Waals surface area contributed by atoms with Gasteiger partial charge < -0.3 is 15.5 Å². The fourth-order valence-electron chi connectivity index (χ4n) is 1.65. The van der Waals surface area contributed by atoms with Gasteiger partial charge in [-0.2, -0.15) is 11.8 Å². The highest BCUT2D eigenvalue weighted by Gasteiger charge is 2.15. The van der Waals surface area contributed by atoms with Crippen LogP contribution in [0.25, 0.3) is 0 Å². The maximum atomic E-state index is 11.9. The molecule has 1 atom stereocenters. The summed E-state index contributed by atoms with van der Waals surface area (Å²) in [5, 5.41) is 11.0. The van der Waals surface area contributed by atoms with Gasteiger partial charge in [-0.3, -0.25) is 4.79 Å². The number of carbonyl (C=O) groups is 1. The largest absolute Gasteiger partial charge is 0.414 e. The van der Waals surface area contributed by atoms with Gasteiger partial charge in [-0.15, -0.1) is 10.2 Å². The number of nitrogens with zero attached hydrogens (tertiary/aromatic N) is 2. The number of aromatic nitrogens is 2. The Morgan fingerprint density at radius 3 is 2.83 bits per heavy atom. The van der Waals surface area contributed by atoms with Gasteiger partial charge in [-0.1, -0.05) is 27.7 Å². The average Bonchev–Trinajstić information content (AvgIpc) is 3.02. The molecule has 0 bridgehead atoms. The van der Waals surface area contributed by atoms with Crippen molar-refractivity contribution >= 4 is 51.0 Å². The SMILES string of the molecule is CSCC[C@H](N)c1nnc(SCC(=O)Nc2ccc(Br)cc2)o1. The lowest BCUT2D eigenvalue weighted by atomic mass is 10.2. The monoisotopic (exact) mass is 416 g/mol. The lowest BCUT2D eigenvalue weighted by Gasteiger charge is -2.04. The van der Waals surface area contributed by atoms with Crippen LogP contribution >= 0.6 is 39.5 Å². The summed E-state index contributed by atoms with van der Waals surface area (Å²) in [5.41, 5.74) is 6.70. The van der Waals surface area contributed by atoms with E-state index in [1.165, 1.54) is 11.8 Å². The van der Waals surface area contributed by atoms with Crippen LogP contribution in [0.15, 0.2) is 38.4 Å². The Balaban J connectivity index is 1.80. The molecule has 1 amide bonds. The number of benzene rings is 1. The Morgan fingerprint density at radius 1 is 1.39 bits per heavy atom. The summed E-state index contributed by atoms with van der Waals surface area (Å²) < 4.78 is 6.44. The van der Waals surface area contributed by atoms with Gasteiger partial charge in [0.2, 0.25) is 11.8 Å². The third kappa shape index (κ3) is 6.17. The van der Waals surface area contributed by atoms with Crippen molar-refractivity contribution in [3.05, 3.63) is 34.6 Å². The molecule has 0 unspecified atom stereocenters. The van der Waals surface area contributed by atoms with Gasteiger partial charge in [0.15, 0.2) is 0 Å². The van der Waals surface area contributed by atoms with Crippen LogP contribution in [0.3, 0.4) is 0 Å². The van der Waals surface area contributed by atoms with Gasteiger partial charge in [-0.25, -0.2) is 0 Å². The number of rotatable bonds is 8. The predicted molar refractivity (Wildman–Crippen MR) is 97.7 cm³/mol.